The summed E-state index contributed by atoms with van der Waals surface area (Å²) in [6, 6.07) is 2.29. The molecule has 3 nitrogen and oxygen atoms in total. The summed E-state index contributed by atoms with van der Waals surface area (Å²) in [5.41, 5.74) is 5.48. The van der Waals surface area contributed by atoms with Gasteiger partial charge in [0.2, 0.25) is 0 Å². The Kier molecular flexibility index (Phi) is 4.01. The Labute approximate surface area is 106 Å². The molecule has 1 atom stereocenters. The highest BCUT2D eigenvalue weighted by Crippen LogP contribution is 2.26. The van der Waals surface area contributed by atoms with Crippen molar-refractivity contribution in [3.05, 3.63) is 23.8 Å². The van der Waals surface area contributed by atoms with E-state index in [9.17, 15) is 8.78 Å². The second kappa shape index (κ2) is 5.52. The molecule has 0 aromatic heterocycles. The molecule has 0 bridgehead atoms. The number of benzene rings is 1. The molecular weight excluding hydrogens is 238 g/mol. The van der Waals surface area contributed by atoms with E-state index in [4.69, 9.17) is 10.5 Å². The van der Waals surface area contributed by atoms with Crippen LogP contribution in [0.4, 0.5) is 20.2 Å². The van der Waals surface area contributed by atoms with Crippen LogP contribution in [-0.4, -0.2) is 26.8 Å². The molecular formula is C13H18F2N2O. The van der Waals surface area contributed by atoms with Crippen molar-refractivity contribution in [2.24, 2.45) is 5.92 Å². The molecule has 0 saturated carbocycles. The normalized spacial score (nSPS) is 19.8. The summed E-state index contributed by atoms with van der Waals surface area (Å²) in [5.74, 6) is -0.918. The minimum Gasteiger partial charge on any atom is -0.399 e. The summed E-state index contributed by atoms with van der Waals surface area (Å²) < 4.78 is 32.8. The van der Waals surface area contributed by atoms with Gasteiger partial charge in [-0.05, 0) is 30.9 Å². The second-order valence-electron chi connectivity index (χ2n) is 4.80. The molecule has 0 amide bonds. The minimum atomic E-state index is -0.619. The van der Waals surface area contributed by atoms with Gasteiger partial charge in [-0.3, -0.25) is 0 Å². The van der Waals surface area contributed by atoms with Crippen LogP contribution >= 0.6 is 0 Å². The first-order valence-electron chi connectivity index (χ1n) is 6.11. The maximum atomic E-state index is 13.7. The molecule has 1 saturated heterocycles. The molecule has 2 N–H and O–H groups in total. The molecule has 1 aromatic carbocycles. The number of ether oxygens (including phenoxy) is 1. The van der Waals surface area contributed by atoms with Crippen molar-refractivity contribution in [2.75, 3.05) is 37.4 Å². The summed E-state index contributed by atoms with van der Waals surface area (Å²) in [6.07, 6.45) is 2.04. The predicted octanol–water partition coefficient (Wildman–Crippen LogP) is 2.41. The first kappa shape index (κ1) is 13.1. The van der Waals surface area contributed by atoms with Gasteiger partial charge in [0.25, 0.3) is 0 Å². The zero-order valence-corrected chi connectivity index (χ0v) is 10.5. The monoisotopic (exact) mass is 256 g/mol. The topological polar surface area (TPSA) is 38.5 Å². The molecule has 18 heavy (non-hydrogen) atoms. The SMILES string of the molecule is CN(CC1CCCOC1)c1c(F)cc(N)cc1F. The van der Waals surface area contributed by atoms with E-state index in [0.29, 0.717) is 19.1 Å². The van der Waals surface area contributed by atoms with E-state index in [1.54, 1.807) is 11.9 Å². The van der Waals surface area contributed by atoms with Crippen LogP contribution in [-0.2, 0) is 4.74 Å². The molecule has 0 aliphatic carbocycles. The number of nitrogen functional groups attached to an aromatic ring is 1. The third-order valence-corrected chi connectivity index (χ3v) is 3.21. The van der Waals surface area contributed by atoms with E-state index >= 15 is 0 Å². The van der Waals surface area contributed by atoms with Gasteiger partial charge in [0.1, 0.15) is 5.69 Å². The van der Waals surface area contributed by atoms with Crippen LogP contribution in [0, 0.1) is 17.6 Å². The quantitative estimate of drug-likeness (QED) is 0.844. The third-order valence-electron chi connectivity index (χ3n) is 3.21. The fourth-order valence-corrected chi connectivity index (χ4v) is 2.38. The van der Waals surface area contributed by atoms with Gasteiger partial charge in [-0.1, -0.05) is 0 Å². The highest BCUT2D eigenvalue weighted by Gasteiger charge is 2.20. The van der Waals surface area contributed by atoms with E-state index in [2.05, 4.69) is 0 Å². The Morgan fingerprint density at radius 3 is 2.61 bits per heavy atom. The van der Waals surface area contributed by atoms with Gasteiger partial charge in [-0.25, -0.2) is 8.78 Å². The van der Waals surface area contributed by atoms with Crippen LogP contribution in [0.25, 0.3) is 0 Å². The van der Waals surface area contributed by atoms with Crippen LogP contribution in [0.5, 0.6) is 0 Å². The molecule has 1 unspecified atom stereocenters. The van der Waals surface area contributed by atoms with Crippen LogP contribution < -0.4 is 10.6 Å². The van der Waals surface area contributed by atoms with Gasteiger partial charge in [0.15, 0.2) is 11.6 Å². The molecule has 1 aromatic rings. The Morgan fingerprint density at radius 1 is 1.39 bits per heavy atom. The van der Waals surface area contributed by atoms with Crippen molar-refractivity contribution in [3.63, 3.8) is 0 Å². The molecule has 5 heteroatoms. The zero-order valence-electron chi connectivity index (χ0n) is 10.5. The van der Waals surface area contributed by atoms with Gasteiger partial charge >= 0.3 is 0 Å². The average Bonchev–Trinajstić information content (AvgIpc) is 2.28. The third kappa shape index (κ3) is 2.90. The average molecular weight is 256 g/mol. The number of nitrogens with two attached hydrogens (primary N) is 1. The van der Waals surface area contributed by atoms with Gasteiger partial charge in [0.05, 0.1) is 6.61 Å². The lowest BCUT2D eigenvalue weighted by atomic mass is 10.0. The van der Waals surface area contributed by atoms with Crippen LogP contribution in [0.1, 0.15) is 12.8 Å². The van der Waals surface area contributed by atoms with Crippen molar-refractivity contribution in [3.8, 4) is 0 Å². The molecule has 2 rings (SSSR count). The maximum absolute atomic E-state index is 13.7. The number of rotatable bonds is 3. The number of anilines is 2. The van der Waals surface area contributed by atoms with Crippen LogP contribution in [0.15, 0.2) is 12.1 Å². The van der Waals surface area contributed by atoms with E-state index in [-0.39, 0.29) is 11.4 Å². The van der Waals surface area contributed by atoms with Gasteiger partial charge in [-0.15, -0.1) is 0 Å². The highest BCUT2D eigenvalue weighted by atomic mass is 19.1. The number of hydrogen-bond acceptors (Lipinski definition) is 3. The first-order valence-corrected chi connectivity index (χ1v) is 6.11. The zero-order chi connectivity index (χ0) is 13.1. The molecule has 0 spiro atoms. The lowest BCUT2D eigenvalue weighted by molar-refractivity contribution is 0.0575. The Bertz CT molecular complexity index is 396. The summed E-state index contributed by atoms with van der Waals surface area (Å²) in [4.78, 5) is 1.60. The standard InChI is InChI=1S/C13H18F2N2O/c1-17(7-9-3-2-4-18-8-9)13-11(14)5-10(16)6-12(13)15/h5-6,9H,2-4,7-8,16H2,1H3. The Morgan fingerprint density at radius 2 is 2.06 bits per heavy atom. The largest absolute Gasteiger partial charge is 0.399 e. The molecule has 1 fully saturated rings. The lowest BCUT2D eigenvalue weighted by Crippen LogP contribution is -2.31. The Hall–Kier alpha value is -1.36. The van der Waals surface area contributed by atoms with Crippen molar-refractivity contribution in [2.45, 2.75) is 12.8 Å². The predicted molar refractivity (Wildman–Crippen MR) is 67.6 cm³/mol. The summed E-state index contributed by atoms with van der Waals surface area (Å²) in [7, 11) is 1.69. The molecule has 0 radical (unpaired) electrons. The van der Waals surface area contributed by atoms with E-state index in [1.807, 2.05) is 0 Å². The smallest absolute Gasteiger partial charge is 0.151 e. The number of hydrogen-bond donors (Lipinski definition) is 1. The summed E-state index contributed by atoms with van der Waals surface area (Å²) in [5, 5.41) is 0. The van der Waals surface area contributed by atoms with Crippen molar-refractivity contribution in [1.29, 1.82) is 0 Å². The van der Waals surface area contributed by atoms with Gasteiger partial charge < -0.3 is 15.4 Å². The maximum Gasteiger partial charge on any atom is 0.151 e. The Balaban J connectivity index is 2.10. The van der Waals surface area contributed by atoms with Crippen LogP contribution in [0.3, 0.4) is 0 Å². The van der Waals surface area contributed by atoms with E-state index in [0.717, 1.165) is 31.6 Å². The molecule has 100 valence electrons. The van der Waals surface area contributed by atoms with Gasteiger partial charge in [0, 0.05) is 25.9 Å². The molecule has 1 aliphatic heterocycles. The van der Waals surface area contributed by atoms with Crippen LogP contribution in [0.2, 0.25) is 0 Å². The minimum absolute atomic E-state index is 0.0187. The highest BCUT2D eigenvalue weighted by molar-refractivity contribution is 5.55. The van der Waals surface area contributed by atoms with Crippen molar-refractivity contribution in [1.82, 2.24) is 0 Å². The second-order valence-corrected chi connectivity index (χ2v) is 4.80. The summed E-state index contributed by atoms with van der Waals surface area (Å²) in [6.45, 7) is 2.02. The van der Waals surface area contributed by atoms with E-state index < -0.39 is 11.6 Å². The van der Waals surface area contributed by atoms with Gasteiger partial charge in [-0.2, -0.15) is 0 Å². The lowest BCUT2D eigenvalue weighted by Gasteiger charge is -2.28. The fourth-order valence-electron chi connectivity index (χ4n) is 2.38. The number of nitrogens with zero attached hydrogens (tertiary/aromatic N) is 1. The fraction of sp³-hybridized carbons (Fsp3) is 0.538. The number of halogens is 2. The van der Waals surface area contributed by atoms with Crippen molar-refractivity contribution >= 4 is 11.4 Å². The van der Waals surface area contributed by atoms with Crippen molar-refractivity contribution < 1.29 is 13.5 Å². The molecule has 1 aliphatic rings. The molecule has 1 heterocycles. The summed E-state index contributed by atoms with van der Waals surface area (Å²) >= 11 is 0. The first-order chi connectivity index (χ1) is 8.58. The van der Waals surface area contributed by atoms with E-state index in [1.165, 1.54) is 0 Å².